The van der Waals surface area contributed by atoms with Crippen molar-refractivity contribution in [1.82, 2.24) is 9.97 Å². The molecule has 0 radical (unpaired) electrons. The number of hydrogen-bond donors (Lipinski definition) is 1. The van der Waals surface area contributed by atoms with Gasteiger partial charge in [-0.1, -0.05) is 11.8 Å². The molecular weight excluding hydrogens is 366 g/mol. The number of benzene rings is 1. The van der Waals surface area contributed by atoms with Gasteiger partial charge in [-0.25, -0.2) is 4.98 Å². The Morgan fingerprint density at radius 2 is 2.26 bits per heavy atom. The largest absolute Gasteiger partial charge is 0.497 e. The Labute approximate surface area is 162 Å². The third-order valence-corrected chi connectivity index (χ3v) is 5.09. The van der Waals surface area contributed by atoms with Crippen molar-refractivity contribution in [3.8, 4) is 11.5 Å². The highest BCUT2D eigenvalue weighted by Gasteiger charge is 2.28. The first-order chi connectivity index (χ1) is 12.9. The van der Waals surface area contributed by atoms with E-state index in [-0.39, 0.29) is 24.0 Å². The second-order valence-corrected chi connectivity index (χ2v) is 7.20. The van der Waals surface area contributed by atoms with Crippen molar-refractivity contribution < 1.29 is 14.3 Å². The zero-order valence-corrected chi connectivity index (χ0v) is 16.7. The summed E-state index contributed by atoms with van der Waals surface area (Å²) in [5.41, 5.74) is 1.72. The minimum Gasteiger partial charge on any atom is -0.497 e. The molecule has 0 bridgehead atoms. The minimum absolute atomic E-state index is 0.0626. The summed E-state index contributed by atoms with van der Waals surface area (Å²) in [4.78, 5) is 34.0. The Kier molecular flexibility index (Phi) is 5.74. The Balaban J connectivity index is 1.80. The van der Waals surface area contributed by atoms with E-state index in [2.05, 4.69) is 9.97 Å². The molecule has 0 spiro atoms. The Bertz CT molecular complexity index is 912. The van der Waals surface area contributed by atoms with Gasteiger partial charge in [-0.05, 0) is 38.7 Å². The maximum Gasteiger partial charge on any atom is 0.254 e. The zero-order valence-electron chi connectivity index (χ0n) is 15.9. The molecule has 0 saturated carbocycles. The quantitative estimate of drug-likeness (QED) is 0.625. The van der Waals surface area contributed by atoms with Crippen molar-refractivity contribution in [1.29, 1.82) is 0 Å². The molecule has 8 heteroatoms. The maximum atomic E-state index is 12.9. The molecule has 1 aromatic heterocycles. The predicted octanol–water partition coefficient (Wildman–Crippen LogP) is 2.56. The average molecular weight is 389 g/mol. The summed E-state index contributed by atoms with van der Waals surface area (Å²) >= 11 is 1.38. The molecule has 1 aromatic carbocycles. The van der Waals surface area contributed by atoms with E-state index in [0.29, 0.717) is 46.6 Å². The Hall–Kier alpha value is -2.48. The van der Waals surface area contributed by atoms with Gasteiger partial charge in [-0.15, -0.1) is 0 Å². The number of nitrogens with zero attached hydrogens (tertiary/aromatic N) is 2. The highest BCUT2D eigenvalue weighted by atomic mass is 32.2. The normalized spacial score (nSPS) is 15.9. The van der Waals surface area contributed by atoms with Crippen molar-refractivity contribution in [2.75, 3.05) is 24.8 Å². The number of fused-ring (bicyclic) bond motifs is 1. The molecule has 0 fully saturated rings. The van der Waals surface area contributed by atoms with Crippen molar-refractivity contribution in [2.24, 2.45) is 0 Å². The molecule has 2 aromatic rings. The molecule has 0 saturated heterocycles. The lowest BCUT2D eigenvalue weighted by atomic mass is 10.1. The number of carbonyl (C=O) groups is 1. The number of H-pyrrole nitrogens is 1. The summed E-state index contributed by atoms with van der Waals surface area (Å²) in [5, 5.41) is 0.579. The predicted molar refractivity (Wildman–Crippen MR) is 105 cm³/mol. The fourth-order valence-electron chi connectivity index (χ4n) is 3.12. The summed E-state index contributed by atoms with van der Waals surface area (Å²) < 4.78 is 11.1. The van der Waals surface area contributed by atoms with Crippen LogP contribution >= 0.6 is 11.8 Å². The summed E-state index contributed by atoms with van der Waals surface area (Å²) in [6.07, 6.45) is 2.30. The highest BCUT2D eigenvalue weighted by Crippen LogP contribution is 2.36. The van der Waals surface area contributed by atoms with Gasteiger partial charge in [0.05, 0.1) is 19.3 Å². The van der Waals surface area contributed by atoms with E-state index in [1.54, 1.807) is 31.1 Å². The molecule has 1 atom stereocenters. The van der Waals surface area contributed by atoms with Gasteiger partial charge in [-0.3, -0.25) is 9.59 Å². The standard InChI is InChI=1S/C19H23N3O4S/c1-11-10-22(15-9-13(25-3)5-7-16(15)26-11)17(23)8-6-14-12(2)20-19(27-4)21-18(14)24/h5,7,9,11H,6,8,10H2,1-4H3,(H,20,21,24). The van der Waals surface area contributed by atoms with Crippen molar-refractivity contribution in [3.05, 3.63) is 39.8 Å². The van der Waals surface area contributed by atoms with Crippen molar-refractivity contribution >= 4 is 23.4 Å². The molecule has 3 rings (SSSR count). The van der Waals surface area contributed by atoms with E-state index < -0.39 is 0 Å². The van der Waals surface area contributed by atoms with Gasteiger partial charge in [0, 0.05) is 23.7 Å². The first-order valence-corrected chi connectivity index (χ1v) is 9.94. The fourth-order valence-corrected chi connectivity index (χ4v) is 3.55. The van der Waals surface area contributed by atoms with Gasteiger partial charge in [0.1, 0.15) is 17.6 Å². The topological polar surface area (TPSA) is 84.5 Å². The summed E-state index contributed by atoms with van der Waals surface area (Å²) in [6.45, 7) is 4.18. The number of ether oxygens (including phenoxy) is 2. The van der Waals surface area contributed by atoms with Gasteiger partial charge >= 0.3 is 0 Å². The number of aromatic nitrogens is 2. The van der Waals surface area contributed by atoms with E-state index >= 15 is 0 Å². The lowest BCUT2D eigenvalue weighted by molar-refractivity contribution is -0.119. The summed E-state index contributed by atoms with van der Waals surface area (Å²) in [5.74, 6) is 1.25. The van der Waals surface area contributed by atoms with E-state index in [1.807, 2.05) is 19.2 Å². The maximum absolute atomic E-state index is 12.9. The molecule has 2 heterocycles. The first-order valence-electron chi connectivity index (χ1n) is 8.71. The number of nitrogens with one attached hydrogen (secondary N) is 1. The second-order valence-electron chi connectivity index (χ2n) is 6.41. The SMILES string of the molecule is COc1ccc2c(c1)N(C(=O)CCc1c(C)nc(SC)[nH]c1=O)CC(C)O2. The molecule has 144 valence electrons. The van der Waals surface area contributed by atoms with Crippen molar-refractivity contribution in [2.45, 2.75) is 37.9 Å². The molecule has 0 aliphatic carbocycles. The molecule has 1 N–H and O–H groups in total. The molecule has 1 unspecified atom stereocenters. The van der Waals surface area contributed by atoms with Gasteiger partial charge < -0.3 is 19.4 Å². The van der Waals surface area contributed by atoms with Crippen LogP contribution in [0.4, 0.5) is 5.69 Å². The molecular formula is C19H23N3O4S. The minimum atomic E-state index is -0.183. The number of amides is 1. The fraction of sp³-hybridized carbons (Fsp3) is 0.421. The number of carbonyl (C=O) groups excluding carboxylic acids is 1. The molecule has 1 aliphatic heterocycles. The Morgan fingerprint density at radius 3 is 2.93 bits per heavy atom. The van der Waals surface area contributed by atoms with Crippen LogP contribution in [0, 0.1) is 6.92 Å². The number of thioether (sulfide) groups is 1. The number of rotatable bonds is 5. The van der Waals surface area contributed by atoms with Gasteiger partial charge in [0.2, 0.25) is 5.91 Å². The lowest BCUT2D eigenvalue weighted by Crippen LogP contribution is -2.42. The van der Waals surface area contributed by atoms with Gasteiger partial charge in [0.15, 0.2) is 5.16 Å². The zero-order chi connectivity index (χ0) is 19.6. The lowest BCUT2D eigenvalue weighted by Gasteiger charge is -2.33. The molecule has 7 nitrogen and oxygen atoms in total. The number of anilines is 1. The number of aromatic amines is 1. The first kappa shape index (κ1) is 19.3. The van der Waals surface area contributed by atoms with Crippen LogP contribution in [0.5, 0.6) is 11.5 Å². The third-order valence-electron chi connectivity index (χ3n) is 4.51. The van der Waals surface area contributed by atoms with E-state index in [1.165, 1.54) is 11.8 Å². The Morgan fingerprint density at radius 1 is 1.48 bits per heavy atom. The van der Waals surface area contributed by atoms with Crippen LogP contribution < -0.4 is 19.9 Å². The van der Waals surface area contributed by atoms with Crippen LogP contribution in [-0.2, 0) is 11.2 Å². The smallest absolute Gasteiger partial charge is 0.254 e. The van der Waals surface area contributed by atoms with Crippen LogP contribution in [-0.4, -0.2) is 41.9 Å². The molecule has 1 aliphatic rings. The number of hydrogen-bond acceptors (Lipinski definition) is 6. The van der Waals surface area contributed by atoms with Crippen LogP contribution in [0.3, 0.4) is 0 Å². The second kappa shape index (κ2) is 8.04. The molecule has 1 amide bonds. The van der Waals surface area contributed by atoms with E-state index in [0.717, 1.165) is 0 Å². The van der Waals surface area contributed by atoms with Crippen molar-refractivity contribution in [3.63, 3.8) is 0 Å². The summed E-state index contributed by atoms with van der Waals surface area (Å²) in [6, 6.07) is 5.41. The van der Waals surface area contributed by atoms with E-state index in [4.69, 9.17) is 9.47 Å². The number of methoxy groups -OCH3 is 1. The van der Waals surface area contributed by atoms with Gasteiger partial charge in [-0.2, -0.15) is 0 Å². The average Bonchev–Trinajstić information content (AvgIpc) is 2.65. The van der Waals surface area contributed by atoms with Gasteiger partial charge in [0.25, 0.3) is 5.56 Å². The monoisotopic (exact) mass is 389 g/mol. The van der Waals surface area contributed by atoms with Crippen LogP contribution in [0.25, 0.3) is 0 Å². The third kappa shape index (κ3) is 4.10. The highest BCUT2D eigenvalue weighted by molar-refractivity contribution is 7.98. The van der Waals surface area contributed by atoms with Crippen LogP contribution in [0.2, 0.25) is 0 Å². The summed E-state index contributed by atoms with van der Waals surface area (Å²) in [7, 11) is 1.58. The van der Waals surface area contributed by atoms with E-state index in [9.17, 15) is 9.59 Å². The number of aryl methyl sites for hydroxylation is 1. The van der Waals surface area contributed by atoms with Crippen LogP contribution in [0.1, 0.15) is 24.6 Å². The van der Waals surface area contributed by atoms with Crippen LogP contribution in [0.15, 0.2) is 28.2 Å². The molecule has 27 heavy (non-hydrogen) atoms.